The molecule has 4 rings (SSSR count). The first-order valence-corrected chi connectivity index (χ1v) is 6.51. The lowest BCUT2D eigenvalue weighted by molar-refractivity contribution is 0.812. The molecule has 1 nitrogen and oxygen atoms in total. The topological polar surface area (TPSA) is 4.93 Å². The van der Waals surface area contributed by atoms with Crippen LogP contribution in [0.3, 0.4) is 0 Å². The van der Waals surface area contributed by atoms with Crippen molar-refractivity contribution in [2.45, 2.75) is 12.8 Å². The fourth-order valence-corrected chi connectivity index (χ4v) is 3.27. The minimum absolute atomic E-state index is 1.15. The fourth-order valence-electron chi connectivity index (χ4n) is 3.27. The van der Waals surface area contributed by atoms with Crippen molar-refractivity contribution >= 4 is 10.9 Å². The van der Waals surface area contributed by atoms with Gasteiger partial charge in [0.15, 0.2) is 0 Å². The summed E-state index contributed by atoms with van der Waals surface area (Å²) in [6, 6.07) is 17.6. The van der Waals surface area contributed by atoms with Gasteiger partial charge in [0.2, 0.25) is 0 Å². The number of benzene rings is 2. The molecule has 1 heteroatoms. The predicted octanol–water partition coefficient (Wildman–Crippen LogP) is 3.94. The molecular weight excluding hydrogens is 218 g/mol. The maximum absolute atomic E-state index is 2.36. The molecule has 18 heavy (non-hydrogen) atoms. The molecule has 0 spiro atoms. The number of rotatable bonds is 0. The van der Waals surface area contributed by atoms with E-state index in [0.29, 0.717) is 0 Å². The van der Waals surface area contributed by atoms with E-state index >= 15 is 0 Å². The van der Waals surface area contributed by atoms with Crippen LogP contribution < -0.4 is 0 Å². The Hall–Kier alpha value is -2.02. The summed E-state index contributed by atoms with van der Waals surface area (Å²) in [5.74, 6) is 0. The second-order valence-electron chi connectivity index (χ2n) is 5.06. The normalized spacial score (nSPS) is 13.4. The van der Waals surface area contributed by atoms with Gasteiger partial charge in [0.25, 0.3) is 0 Å². The number of para-hydroxylation sites is 1. The highest BCUT2D eigenvalue weighted by Gasteiger charge is 2.21. The van der Waals surface area contributed by atoms with Crippen LogP contribution in [-0.4, -0.2) is 4.57 Å². The first-order valence-electron chi connectivity index (χ1n) is 6.51. The Bertz CT molecular complexity index is 749. The quantitative estimate of drug-likeness (QED) is 0.554. The molecule has 0 amide bonds. The minimum Gasteiger partial charge on any atom is -0.347 e. The molecule has 0 fully saturated rings. The van der Waals surface area contributed by atoms with Gasteiger partial charge in [-0.15, -0.1) is 0 Å². The Morgan fingerprint density at radius 1 is 0.889 bits per heavy atom. The van der Waals surface area contributed by atoms with Crippen molar-refractivity contribution in [3.8, 4) is 11.1 Å². The second kappa shape index (κ2) is 3.49. The van der Waals surface area contributed by atoms with E-state index in [2.05, 4.69) is 60.1 Å². The van der Waals surface area contributed by atoms with Crippen molar-refractivity contribution in [2.24, 2.45) is 7.05 Å². The van der Waals surface area contributed by atoms with E-state index in [0.717, 1.165) is 12.8 Å². The molecule has 2 aromatic carbocycles. The first-order chi connectivity index (χ1) is 8.86. The molecule has 0 saturated heterocycles. The zero-order chi connectivity index (χ0) is 12.1. The molecule has 0 saturated carbocycles. The van der Waals surface area contributed by atoms with Gasteiger partial charge < -0.3 is 4.57 Å². The molecule has 0 atom stereocenters. The summed E-state index contributed by atoms with van der Waals surface area (Å²) in [6.07, 6.45) is 2.31. The lowest BCUT2D eigenvalue weighted by Gasteiger charge is -2.17. The van der Waals surface area contributed by atoms with E-state index in [1.807, 2.05) is 0 Å². The third kappa shape index (κ3) is 1.16. The van der Waals surface area contributed by atoms with Gasteiger partial charge in [-0.3, -0.25) is 0 Å². The molecule has 0 radical (unpaired) electrons. The molecule has 88 valence electrons. The van der Waals surface area contributed by atoms with Crippen LogP contribution in [0.4, 0.5) is 0 Å². The van der Waals surface area contributed by atoms with Crippen molar-refractivity contribution in [3.05, 3.63) is 59.8 Å². The average Bonchev–Trinajstić information content (AvgIpc) is 2.73. The first kappa shape index (κ1) is 9.95. The van der Waals surface area contributed by atoms with Crippen molar-refractivity contribution < 1.29 is 0 Å². The van der Waals surface area contributed by atoms with Gasteiger partial charge in [-0.1, -0.05) is 42.5 Å². The summed E-state index contributed by atoms with van der Waals surface area (Å²) in [5, 5.41) is 1.39. The third-order valence-electron chi connectivity index (χ3n) is 4.15. The van der Waals surface area contributed by atoms with Gasteiger partial charge in [0, 0.05) is 29.2 Å². The van der Waals surface area contributed by atoms with Gasteiger partial charge in [-0.25, -0.2) is 0 Å². The van der Waals surface area contributed by atoms with Gasteiger partial charge >= 0.3 is 0 Å². The Balaban J connectivity index is 2.18. The fraction of sp³-hybridized carbons (Fsp3) is 0.176. The SMILES string of the molecule is Cn1c2c(c3ccccc31)-c1ccccc1CC2. The largest absolute Gasteiger partial charge is 0.347 e. The van der Waals surface area contributed by atoms with Crippen LogP contribution >= 0.6 is 0 Å². The number of nitrogens with zero attached hydrogens (tertiary/aromatic N) is 1. The lowest BCUT2D eigenvalue weighted by Crippen LogP contribution is -2.06. The lowest BCUT2D eigenvalue weighted by atomic mass is 9.88. The highest BCUT2D eigenvalue weighted by molar-refractivity contribution is 5.99. The van der Waals surface area contributed by atoms with E-state index in [1.165, 1.54) is 33.3 Å². The second-order valence-corrected chi connectivity index (χ2v) is 5.06. The molecule has 0 bridgehead atoms. The number of aryl methyl sites for hydroxylation is 2. The Labute approximate surface area is 107 Å². The van der Waals surface area contributed by atoms with E-state index in [-0.39, 0.29) is 0 Å². The van der Waals surface area contributed by atoms with Gasteiger partial charge in [-0.05, 0) is 30.0 Å². The average molecular weight is 233 g/mol. The Kier molecular flexibility index (Phi) is 1.93. The third-order valence-corrected chi connectivity index (χ3v) is 4.15. The molecule has 3 aromatic rings. The molecule has 0 unspecified atom stereocenters. The van der Waals surface area contributed by atoms with Gasteiger partial charge in [0.1, 0.15) is 0 Å². The molecule has 0 N–H and O–H groups in total. The van der Waals surface area contributed by atoms with Crippen molar-refractivity contribution in [2.75, 3.05) is 0 Å². The molecule has 1 heterocycles. The van der Waals surface area contributed by atoms with E-state index in [4.69, 9.17) is 0 Å². The number of aromatic nitrogens is 1. The van der Waals surface area contributed by atoms with Crippen molar-refractivity contribution in [1.29, 1.82) is 0 Å². The summed E-state index contributed by atoms with van der Waals surface area (Å²) in [5.41, 5.74) is 7.20. The monoisotopic (exact) mass is 233 g/mol. The van der Waals surface area contributed by atoms with Crippen LogP contribution in [0, 0.1) is 0 Å². The van der Waals surface area contributed by atoms with E-state index in [1.54, 1.807) is 0 Å². The Morgan fingerprint density at radius 2 is 1.67 bits per heavy atom. The van der Waals surface area contributed by atoms with Gasteiger partial charge in [-0.2, -0.15) is 0 Å². The van der Waals surface area contributed by atoms with E-state index in [9.17, 15) is 0 Å². The van der Waals surface area contributed by atoms with Crippen LogP contribution in [-0.2, 0) is 19.9 Å². The highest BCUT2D eigenvalue weighted by atomic mass is 15.0. The number of hydrogen-bond donors (Lipinski definition) is 0. The summed E-state index contributed by atoms with van der Waals surface area (Å²) in [7, 11) is 2.19. The van der Waals surface area contributed by atoms with Crippen molar-refractivity contribution in [1.82, 2.24) is 4.57 Å². The zero-order valence-corrected chi connectivity index (χ0v) is 10.5. The molecule has 1 aliphatic carbocycles. The number of hydrogen-bond acceptors (Lipinski definition) is 0. The minimum atomic E-state index is 1.15. The maximum atomic E-state index is 2.36. The van der Waals surface area contributed by atoms with Crippen LogP contribution in [0.2, 0.25) is 0 Å². The predicted molar refractivity (Wildman–Crippen MR) is 75.8 cm³/mol. The summed E-state index contributed by atoms with van der Waals surface area (Å²) in [4.78, 5) is 0. The van der Waals surface area contributed by atoms with Crippen LogP contribution in [0.25, 0.3) is 22.0 Å². The van der Waals surface area contributed by atoms with Crippen LogP contribution in [0.5, 0.6) is 0 Å². The molecular formula is C17H15N. The van der Waals surface area contributed by atoms with Gasteiger partial charge in [0.05, 0.1) is 0 Å². The molecule has 1 aliphatic rings. The Morgan fingerprint density at radius 3 is 2.61 bits per heavy atom. The highest BCUT2D eigenvalue weighted by Crippen LogP contribution is 2.40. The van der Waals surface area contributed by atoms with Crippen molar-refractivity contribution in [3.63, 3.8) is 0 Å². The maximum Gasteiger partial charge on any atom is 0.0486 e. The summed E-state index contributed by atoms with van der Waals surface area (Å²) in [6.45, 7) is 0. The molecule has 1 aromatic heterocycles. The summed E-state index contributed by atoms with van der Waals surface area (Å²) >= 11 is 0. The molecule has 0 aliphatic heterocycles. The smallest absolute Gasteiger partial charge is 0.0486 e. The van der Waals surface area contributed by atoms with Crippen LogP contribution in [0.15, 0.2) is 48.5 Å². The number of fused-ring (bicyclic) bond motifs is 5. The summed E-state index contributed by atoms with van der Waals surface area (Å²) < 4.78 is 2.36. The standard InChI is InChI=1S/C17H15N/c1-18-15-9-5-4-8-14(15)17-13-7-3-2-6-12(13)10-11-16(17)18/h2-9H,10-11H2,1H3. The zero-order valence-electron chi connectivity index (χ0n) is 10.5. The van der Waals surface area contributed by atoms with E-state index < -0.39 is 0 Å². The van der Waals surface area contributed by atoms with Crippen LogP contribution in [0.1, 0.15) is 11.3 Å².